The zero-order valence-electron chi connectivity index (χ0n) is 10.1. The van der Waals surface area contributed by atoms with Crippen LogP contribution < -0.4 is 4.74 Å². The summed E-state index contributed by atoms with van der Waals surface area (Å²) < 4.78 is 5.74. The average molecular weight is 270 g/mol. The van der Waals surface area contributed by atoms with Gasteiger partial charge in [0, 0.05) is 17.7 Å². The summed E-state index contributed by atoms with van der Waals surface area (Å²) in [6.45, 7) is 0.682. The fourth-order valence-electron chi connectivity index (χ4n) is 2.31. The van der Waals surface area contributed by atoms with Crippen LogP contribution >= 0.6 is 11.6 Å². The highest BCUT2D eigenvalue weighted by atomic mass is 35.5. The van der Waals surface area contributed by atoms with Crippen LogP contribution in [0.4, 0.5) is 5.69 Å². The minimum absolute atomic E-state index is 0.0545. The molecular formula is C13H16ClNO3. The Balaban J connectivity index is 2.04. The highest BCUT2D eigenvalue weighted by molar-refractivity contribution is 6.17. The van der Waals surface area contributed by atoms with Crippen molar-refractivity contribution in [3.05, 3.63) is 33.9 Å². The quantitative estimate of drug-likeness (QED) is 0.463. The molecule has 1 aromatic carbocycles. The molecule has 1 aliphatic carbocycles. The number of hydrogen-bond acceptors (Lipinski definition) is 3. The molecule has 5 heteroatoms. The van der Waals surface area contributed by atoms with Gasteiger partial charge in [-0.15, -0.1) is 11.6 Å². The van der Waals surface area contributed by atoms with Crippen molar-refractivity contribution in [3.8, 4) is 5.75 Å². The number of nitrogens with zero attached hydrogens (tertiary/aromatic N) is 1. The van der Waals surface area contributed by atoms with E-state index < -0.39 is 4.92 Å². The van der Waals surface area contributed by atoms with E-state index in [1.807, 2.05) is 0 Å². The standard InChI is InChI=1S/C13H16ClNO3/c14-8-11-7-12(15(16)17)5-6-13(11)18-9-10-3-1-2-4-10/h5-7,10H,1-4,8-9H2. The van der Waals surface area contributed by atoms with Gasteiger partial charge in [-0.3, -0.25) is 10.1 Å². The molecule has 0 aromatic heterocycles. The van der Waals surface area contributed by atoms with Crippen molar-refractivity contribution in [1.82, 2.24) is 0 Å². The van der Waals surface area contributed by atoms with E-state index in [4.69, 9.17) is 16.3 Å². The third-order valence-electron chi connectivity index (χ3n) is 3.35. The van der Waals surface area contributed by atoms with Crippen LogP contribution in [0.15, 0.2) is 18.2 Å². The molecule has 1 saturated carbocycles. The molecule has 1 fully saturated rings. The number of benzene rings is 1. The van der Waals surface area contributed by atoms with Gasteiger partial charge in [0.2, 0.25) is 0 Å². The summed E-state index contributed by atoms with van der Waals surface area (Å²) in [5.41, 5.74) is 0.739. The monoisotopic (exact) mass is 269 g/mol. The Hall–Kier alpha value is -1.29. The van der Waals surface area contributed by atoms with Crippen LogP contribution in [0.5, 0.6) is 5.75 Å². The second kappa shape index (κ2) is 6.05. The van der Waals surface area contributed by atoms with Gasteiger partial charge in [-0.05, 0) is 24.8 Å². The second-order valence-electron chi connectivity index (χ2n) is 4.64. The molecule has 4 nitrogen and oxygen atoms in total. The van der Waals surface area contributed by atoms with Gasteiger partial charge in [-0.1, -0.05) is 12.8 Å². The van der Waals surface area contributed by atoms with Crippen LogP contribution in [0.25, 0.3) is 0 Å². The lowest BCUT2D eigenvalue weighted by Crippen LogP contribution is -2.09. The van der Waals surface area contributed by atoms with Gasteiger partial charge in [0.15, 0.2) is 0 Å². The second-order valence-corrected chi connectivity index (χ2v) is 4.91. The van der Waals surface area contributed by atoms with Gasteiger partial charge in [0.1, 0.15) is 5.75 Å². The number of nitro groups is 1. The summed E-state index contributed by atoms with van der Waals surface area (Å²) in [6, 6.07) is 4.59. The number of nitro benzene ring substituents is 1. The van der Waals surface area contributed by atoms with Gasteiger partial charge in [-0.25, -0.2) is 0 Å². The summed E-state index contributed by atoms with van der Waals surface area (Å²) in [6.07, 6.45) is 4.97. The Bertz CT molecular complexity index is 430. The van der Waals surface area contributed by atoms with Crippen LogP contribution in [-0.2, 0) is 5.88 Å². The van der Waals surface area contributed by atoms with Crippen molar-refractivity contribution in [1.29, 1.82) is 0 Å². The molecule has 1 aliphatic rings. The summed E-state index contributed by atoms with van der Waals surface area (Å²) in [4.78, 5) is 10.2. The first kappa shape index (κ1) is 13.1. The molecule has 2 rings (SSSR count). The lowest BCUT2D eigenvalue weighted by molar-refractivity contribution is -0.384. The molecule has 0 atom stereocenters. The molecule has 0 N–H and O–H groups in total. The van der Waals surface area contributed by atoms with Crippen molar-refractivity contribution in [2.24, 2.45) is 5.92 Å². The van der Waals surface area contributed by atoms with E-state index in [1.54, 1.807) is 6.07 Å². The lowest BCUT2D eigenvalue weighted by Gasteiger charge is -2.13. The number of ether oxygens (including phenoxy) is 1. The number of hydrogen-bond donors (Lipinski definition) is 0. The van der Waals surface area contributed by atoms with Gasteiger partial charge in [-0.2, -0.15) is 0 Å². The third-order valence-corrected chi connectivity index (χ3v) is 3.64. The molecule has 0 bridgehead atoms. The normalized spacial score (nSPS) is 15.8. The summed E-state index contributed by atoms with van der Waals surface area (Å²) >= 11 is 5.80. The smallest absolute Gasteiger partial charge is 0.270 e. The number of alkyl halides is 1. The minimum atomic E-state index is -0.420. The maximum absolute atomic E-state index is 10.7. The topological polar surface area (TPSA) is 52.4 Å². The van der Waals surface area contributed by atoms with E-state index in [2.05, 4.69) is 0 Å². The Morgan fingerprint density at radius 2 is 2.11 bits per heavy atom. The van der Waals surface area contributed by atoms with Gasteiger partial charge in [0.25, 0.3) is 5.69 Å². The fraction of sp³-hybridized carbons (Fsp3) is 0.538. The molecule has 0 spiro atoms. The molecule has 1 aromatic rings. The molecule has 18 heavy (non-hydrogen) atoms. The minimum Gasteiger partial charge on any atom is -0.493 e. The zero-order chi connectivity index (χ0) is 13.0. The first-order valence-electron chi connectivity index (χ1n) is 6.17. The van der Waals surface area contributed by atoms with Crippen molar-refractivity contribution < 1.29 is 9.66 Å². The predicted molar refractivity (Wildman–Crippen MR) is 70.1 cm³/mol. The summed E-state index contributed by atoms with van der Waals surface area (Å²) in [5, 5.41) is 10.7. The Morgan fingerprint density at radius 3 is 2.72 bits per heavy atom. The fourth-order valence-corrected chi connectivity index (χ4v) is 2.52. The first-order chi connectivity index (χ1) is 8.70. The van der Waals surface area contributed by atoms with E-state index in [9.17, 15) is 10.1 Å². The molecule has 0 saturated heterocycles. The summed E-state index contributed by atoms with van der Waals surface area (Å²) in [7, 11) is 0. The third kappa shape index (κ3) is 3.13. The van der Waals surface area contributed by atoms with Crippen LogP contribution in [0.1, 0.15) is 31.2 Å². The largest absolute Gasteiger partial charge is 0.493 e. The van der Waals surface area contributed by atoms with E-state index in [0.29, 0.717) is 23.8 Å². The molecule has 0 aliphatic heterocycles. The van der Waals surface area contributed by atoms with Crippen LogP contribution in [-0.4, -0.2) is 11.5 Å². The number of halogens is 1. The highest BCUT2D eigenvalue weighted by Gasteiger charge is 2.17. The predicted octanol–water partition coefficient (Wildman–Crippen LogP) is 3.90. The molecule has 0 radical (unpaired) electrons. The molecule has 98 valence electrons. The molecule has 0 unspecified atom stereocenters. The summed E-state index contributed by atoms with van der Waals surface area (Å²) in [5.74, 6) is 1.51. The van der Waals surface area contributed by atoms with E-state index in [-0.39, 0.29) is 11.6 Å². The van der Waals surface area contributed by atoms with Crippen LogP contribution in [0.2, 0.25) is 0 Å². The highest BCUT2D eigenvalue weighted by Crippen LogP contribution is 2.29. The van der Waals surface area contributed by atoms with Crippen molar-refractivity contribution >= 4 is 17.3 Å². The molecule has 0 heterocycles. The number of rotatable bonds is 5. The van der Waals surface area contributed by atoms with Crippen molar-refractivity contribution in [3.63, 3.8) is 0 Å². The lowest BCUT2D eigenvalue weighted by atomic mass is 10.1. The van der Waals surface area contributed by atoms with E-state index in [0.717, 1.165) is 0 Å². The van der Waals surface area contributed by atoms with Crippen LogP contribution in [0, 0.1) is 16.0 Å². The average Bonchev–Trinajstić information content (AvgIpc) is 2.89. The Morgan fingerprint density at radius 1 is 1.39 bits per heavy atom. The van der Waals surface area contributed by atoms with E-state index in [1.165, 1.54) is 37.8 Å². The first-order valence-corrected chi connectivity index (χ1v) is 6.70. The zero-order valence-corrected chi connectivity index (χ0v) is 10.9. The maximum atomic E-state index is 10.7. The molecule has 0 amide bonds. The molecular weight excluding hydrogens is 254 g/mol. The Labute approximate surface area is 111 Å². The van der Waals surface area contributed by atoms with Crippen molar-refractivity contribution in [2.45, 2.75) is 31.6 Å². The van der Waals surface area contributed by atoms with Crippen LogP contribution in [0.3, 0.4) is 0 Å². The maximum Gasteiger partial charge on any atom is 0.270 e. The number of non-ortho nitro benzene ring substituents is 1. The van der Waals surface area contributed by atoms with Gasteiger partial charge in [0.05, 0.1) is 17.4 Å². The van der Waals surface area contributed by atoms with Gasteiger partial charge < -0.3 is 4.74 Å². The SMILES string of the molecule is O=[N+]([O-])c1ccc(OCC2CCCC2)c(CCl)c1. The van der Waals surface area contributed by atoms with E-state index >= 15 is 0 Å². The van der Waals surface area contributed by atoms with Gasteiger partial charge >= 0.3 is 0 Å². The Kier molecular flexibility index (Phi) is 4.42. The van der Waals surface area contributed by atoms with Crippen molar-refractivity contribution in [2.75, 3.05) is 6.61 Å².